The Kier molecular flexibility index (Phi) is 6.27. The van der Waals surface area contributed by atoms with Gasteiger partial charge in [0.05, 0.1) is 4.53 Å². The molecule has 0 N–H and O–H groups in total. The number of nitrogens with zero attached hydrogens (tertiary/aromatic N) is 2. The van der Waals surface area contributed by atoms with Crippen molar-refractivity contribution in [3.05, 3.63) is 49.4 Å². The van der Waals surface area contributed by atoms with Gasteiger partial charge in [0.1, 0.15) is 16.3 Å². The monoisotopic (exact) mass is 386 g/mol. The van der Waals surface area contributed by atoms with Crippen LogP contribution in [0.25, 0.3) is 11.6 Å². The normalized spacial score (nSPS) is 13.5. The van der Waals surface area contributed by atoms with Gasteiger partial charge in [-0.2, -0.15) is 5.26 Å². The fourth-order valence-corrected chi connectivity index (χ4v) is 3.99. The number of Topliss-reactive ketones (excluding diaryl/α,β-unsaturated/α-hetero) is 1. The number of hydrogen-bond donors (Lipinski definition) is 0. The highest BCUT2D eigenvalue weighted by atomic mass is 32.2. The topological polar surface area (TPSA) is 62.9 Å². The molecule has 0 aliphatic rings. The van der Waals surface area contributed by atoms with E-state index in [2.05, 4.69) is 0 Å². The lowest BCUT2D eigenvalue weighted by molar-refractivity contribution is -0.120. The molecule has 0 amide bonds. The molecule has 0 fully saturated rings. The fourth-order valence-electron chi connectivity index (χ4n) is 2.41. The summed E-state index contributed by atoms with van der Waals surface area (Å²) in [6.45, 7) is 7.57. The Morgan fingerprint density at radius 1 is 1.31 bits per heavy atom. The molecule has 4 nitrogen and oxygen atoms in total. The molecular weight excluding hydrogens is 364 g/mol. The predicted octanol–water partition coefficient (Wildman–Crippen LogP) is 2.77. The van der Waals surface area contributed by atoms with Gasteiger partial charge in [-0.1, -0.05) is 32.9 Å². The van der Waals surface area contributed by atoms with Crippen molar-refractivity contribution in [3.63, 3.8) is 0 Å². The van der Waals surface area contributed by atoms with Gasteiger partial charge < -0.3 is 0 Å². The van der Waals surface area contributed by atoms with Gasteiger partial charge in [0, 0.05) is 16.9 Å². The van der Waals surface area contributed by atoms with Crippen LogP contribution in [0.3, 0.4) is 0 Å². The molecule has 1 heterocycles. The molecule has 0 saturated carbocycles. The minimum Gasteiger partial charge on any atom is -0.298 e. The summed E-state index contributed by atoms with van der Waals surface area (Å²) in [5.41, 5.74) is 0.118. The summed E-state index contributed by atoms with van der Waals surface area (Å²) in [6.07, 6.45) is 3.82. The van der Waals surface area contributed by atoms with E-state index in [9.17, 15) is 14.9 Å². The van der Waals surface area contributed by atoms with Gasteiger partial charge in [-0.25, -0.2) is 0 Å². The third-order valence-electron chi connectivity index (χ3n) is 3.87. The number of benzene rings is 1. The van der Waals surface area contributed by atoms with Gasteiger partial charge in [-0.3, -0.25) is 14.2 Å². The summed E-state index contributed by atoms with van der Waals surface area (Å²) in [6, 6.07) is 9.93. The van der Waals surface area contributed by atoms with E-state index in [1.54, 1.807) is 32.5 Å². The largest absolute Gasteiger partial charge is 0.298 e. The van der Waals surface area contributed by atoms with Gasteiger partial charge in [0.2, 0.25) is 0 Å². The first-order valence-corrected chi connectivity index (χ1v) is 10.3. The van der Waals surface area contributed by atoms with Crippen LogP contribution in [0, 0.1) is 16.7 Å². The molecule has 0 atom stereocenters. The molecule has 2 aromatic rings. The van der Waals surface area contributed by atoms with E-state index < -0.39 is 5.41 Å². The number of thiazole rings is 1. The second kappa shape index (κ2) is 8.07. The van der Waals surface area contributed by atoms with E-state index in [0.29, 0.717) is 15.7 Å². The summed E-state index contributed by atoms with van der Waals surface area (Å²) in [5.74, 6) is -0.251. The number of ketones is 1. The van der Waals surface area contributed by atoms with Crippen LogP contribution in [0.4, 0.5) is 0 Å². The van der Waals surface area contributed by atoms with Crippen molar-refractivity contribution in [3.8, 4) is 6.07 Å². The second-order valence-electron chi connectivity index (χ2n) is 6.80. The second-order valence-corrected chi connectivity index (χ2v) is 8.71. The minimum atomic E-state index is -0.679. The van der Waals surface area contributed by atoms with E-state index in [1.165, 1.54) is 15.9 Å². The molecule has 0 unspecified atom stereocenters. The fraction of sp³-hybridized carbons (Fsp3) is 0.350. The van der Waals surface area contributed by atoms with Crippen molar-refractivity contribution in [2.24, 2.45) is 5.41 Å². The van der Waals surface area contributed by atoms with Crippen LogP contribution in [0.1, 0.15) is 33.3 Å². The first-order valence-electron chi connectivity index (χ1n) is 8.27. The van der Waals surface area contributed by atoms with Gasteiger partial charge in [-0.05, 0) is 37.0 Å². The van der Waals surface area contributed by atoms with Gasteiger partial charge in [0.15, 0.2) is 5.78 Å². The lowest BCUT2D eigenvalue weighted by Gasteiger charge is -2.15. The predicted molar refractivity (Wildman–Crippen MR) is 109 cm³/mol. The van der Waals surface area contributed by atoms with Gasteiger partial charge in [0.25, 0.3) is 5.56 Å². The molecule has 136 valence electrons. The molecule has 0 aliphatic carbocycles. The van der Waals surface area contributed by atoms with Crippen LogP contribution in [0.15, 0.2) is 34.0 Å². The molecule has 0 spiro atoms. The maximum absolute atomic E-state index is 12.7. The van der Waals surface area contributed by atoms with E-state index in [-0.39, 0.29) is 16.9 Å². The summed E-state index contributed by atoms with van der Waals surface area (Å²) in [7, 11) is 0. The van der Waals surface area contributed by atoms with Crippen molar-refractivity contribution >= 4 is 40.5 Å². The van der Waals surface area contributed by atoms with Crippen molar-refractivity contribution in [2.45, 2.75) is 39.1 Å². The number of hydrogen-bond acceptors (Lipinski definition) is 5. The number of carbonyl (C=O) groups excluding carboxylic acids is 1. The van der Waals surface area contributed by atoms with Crippen molar-refractivity contribution in [2.75, 3.05) is 6.26 Å². The van der Waals surface area contributed by atoms with Crippen LogP contribution in [0.2, 0.25) is 0 Å². The third-order valence-corrected chi connectivity index (χ3v) is 5.75. The molecule has 0 radical (unpaired) electrons. The molecule has 0 aliphatic heterocycles. The molecule has 26 heavy (non-hydrogen) atoms. The first-order chi connectivity index (χ1) is 12.2. The van der Waals surface area contributed by atoms with Crippen molar-refractivity contribution < 1.29 is 4.79 Å². The summed E-state index contributed by atoms with van der Waals surface area (Å²) in [4.78, 5) is 26.5. The lowest BCUT2D eigenvalue weighted by Crippen LogP contribution is -2.33. The molecule has 6 heteroatoms. The zero-order chi connectivity index (χ0) is 19.5. The van der Waals surface area contributed by atoms with E-state index in [0.717, 1.165) is 10.5 Å². The molecule has 1 aromatic heterocycles. The zero-order valence-corrected chi connectivity index (χ0v) is 17.3. The smallest absolute Gasteiger partial charge is 0.269 e. The highest BCUT2D eigenvalue weighted by Crippen LogP contribution is 2.19. The number of thioether (sulfide) groups is 1. The number of nitriles is 1. The highest BCUT2D eigenvalue weighted by molar-refractivity contribution is 7.98. The van der Waals surface area contributed by atoms with Crippen LogP contribution >= 0.6 is 23.1 Å². The SMILES string of the molecule is CCn1c(=C(C#N)C(=O)C(C)(C)C)sc(=Cc2ccc(SC)cc2)c1=O. The Labute approximate surface area is 161 Å². The van der Waals surface area contributed by atoms with Crippen LogP contribution < -0.4 is 14.8 Å². The summed E-state index contributed by atoms with van der Waals surface area (Å²) < 4.78 is 2.47. The third kappa shape index (κ3) is 4.17. The maximum atomic E-state index is 12.7. The Bertz CT molecular complexity index is 1030. The van der Waals surface area contributed by atoms with Crippen LogP contribution in [-0.2, 0) is 11.3 Å². The number of rotatable bonds is 4. The first kappa shape index (κ1) is 20.2. The van der Waals surface area contributed by atoms with Gasteiger partial charge >= 0.3 is 0 Å². The molecule has 0 bridgehead atoms. The van der Waals surface area contributed by atoms with Crippen molar-refractivity contribution in [1.29, 1.82) is 5.26 Å². The number of aromatic nitrogens is 1. The Hall–Kier alpha value is -2.10. The van der Waals surface area contributed by atoms with Gasteiger partial charge in [-0.15, -0.1) is 23.1 Å². The average Bonchev–Trinajstić information content (AvgIpc) is 2.91. The van der Waals surface area contributed by atoms with Crippen LogP contribution in [0.5, 0.6) is 0 Å². The molecular formula is C20H22N2O2S2. The highest BCUT2D eigenvalue weighted by Gasteiger charge is 2.27. The standard InChI is InChI=1S/C20H22N2O2S2/c1-6-22-18(24)16(11-13-7-9-14(25-5)10-8-13)26-19(22)15(12-21)17(23)20(2,3)4/h7-11H,6H2,1-5H3. The number of carbonyl (C=O) groups is 1. The minimum absolute atomic E-state index is 0.0545. The maximum Gasteiger partial charge on any atom is 0.269 e. The average molecular weight is 387 g/mol. The lowest BCUT2D eigenvalue weighted by atomic mass is 9.87. The quantitative estimate of drug-likeness (QED) is 0.758. The Morgan fingerprint density at radius 2 is 1.92 bits per heavy atom. The molecule has 2 rings (SSSR count). The molecule has 0 saturated heterocycles. The van der Waals surface area contributed by atoms with Crippen molar-refractivity contribution in [1.82, 2.24) is 4.57 Å². The van der Waals surface area contributed by atoms with E-state index >= 15 is 0 Å². The van der Waals surface area contributed by atoms with E-state index in [1.807, 2.05) is 49.6 Å². The Balaban J connectivity index is 2.75. The summed E-state index contributed by atoms with van der Waals surface area (Å²) >= 11 is 2.86. The Morgan fingerprint density at radius 3 is 2.38 bits per heavy atom. The zero-order valence-electron chi connectivity index (χ0n) is 15.6. The van der Waals surface area contributed by atoms with E-state index in [4.69, 9.17) is 0 Å². The summed E-state index contributed by atoms with van der Waals surface area (Å²) in [5, 5.41) is 9.55. The molecule has 1 aromatic carbocycles. The van der Waals surface area contributed by atoms with Crippen LogP contribution in [-0.4, -0.2) is 16.6 Å².